The van der Waals surface area contributed by atoms with Crippen LogP contribution < -0.4 is 5.32 Å². The fourth-order valence-corrected chi connectivity index (χ4v) is 2.06. The molecule has 0 saturated carbocycles. The number of aliphatic hydroxyl groups excluding tert-OH is 1. The highest BCUT2D eigenvalue weighted by Crippen LogP contribution is 2.34. The predicted molar refractivity (Wildman–Crippen MR) is 57.9 cm³/mol. The van der Waals surface area contributed by atoms with Gasteiger partial charge in [0.1, 0.15) is 6.04 Å². The lowest BCUT2D eigenvalue weighted by Crippen LogP contribution is -2.45. The van der Waals surface area contributed by atoms with E-state index in [0.717, 1.165) is 0 Å². The van der Waals surface area contributed by atoms with Crippen molar-refractivity contribution in [2.75, 3.05) is 6.61 Å². The molecule has 1 aliphatic rings. The van der Waals surface area contributed by atoms with E-state index < -0.39 is 18.1 Å². The molecule has 6 nitrogen and oxygen atoms in total. The van der Waals surface area contributed by atoms with Crippen LogP contribution in [0.15, 0.2) is 12.1 Å². The van der Waals surface area contributed by atoms with Gasteiger partial charge >= 0.3 is 5.97 Å². The highest BCUT2D eigenvalue weighted by atomic mass is 16.4. The molecule has 0 amide bonds. The number of carboxylic acid groups (broad SMARTS) is 1. The number of aliphatic hydroxyl groups is 1. The first-order valence-electron chi connectivity index (χ1n) is 5.17. The van der Waals surface area contributed by atoms with Gasteiger partial charge in [-0.05, 0) is 29.7 Å². The standard InChI is InChI=1S/C11H13NO5/c13-4-8-6-3-10(15)9(14)2-5(6)1-7(12-8)11(16)17/h2-3,7-8,12-15H,1,4H2,(H,16,17). The Hall–Kier alpha value is -1.79. The maximum Gasteiger partial charge on any atom is 0.321 e. The molecule has 1 aromatic carbocycles. The van der Waals surface area contributed by atoms with Crippen LogP contribution in [0.1, 0.15) is 17.2 Å². The molecular weight excluding hydrogens is 226 g/mol. The predicted octanol–water partition coefficient (Wildman–Crippen LogP) is -0.270. The van der Waals surface area contributed by atoms with E-state index in [1.807, 2.05) is 0 Å². The minimum absolute atomic E-state index is 0.203. The molecule has 0 aliphatic carbocycles. The van der Waals surface area contributed by atoms with E-state index in [0.29, 0.717) is 11.1 Å². The minimum Gasteiger partial charge on any atom is -0.504 e. The average molecular weight is 239 g/mol. The Labute approximate surface area is 97.1 Å². The topological polar surface area (TPSA) is 110 Å². The van der Waals surface area contributed by atoms with Crippen LogP contribution in [0, 0.1) is 0 Å². The summed E-state index contributed by atoms with van der Waals surface area (Å²) in [4.78, 5) is 10.9. The molecule has 0 bridgehead atoms. The number of hydrogen-bond acceptors (Lipinski definition) is 5. The zero-order valence-electron chi connectivity index (χ0n) is 8.92. The highest BCUT2D eigenvalue weighted by Gasteiger charge is 2.30. The summed E-state index contributed by atoms with van der Waals surface area (Å²) < 4.78 is 0. The first-order valence-corrected chi connectivity index (χ1v) is 5.17. The van der Waals surface area contributed by atoms with Crippen molar-refractivity contribution in [1.82, 2.24) is 5.32 Å². The van der Waals surface area contributed by atoms with Crippen LogP contribution in [0.5, 0.6) is 11.5 Å². The van der Waals surface area contributed by atoms with Crippen molar-refractivity contribution in [2.24, 2.45) is 0 Å². The SMILES string of the molecule is O=C(O)C1Cc2cc(O)c(O)cc2C(CO)N1. The molecule has 0 radical (unpaired) electrons. The van der Waals surface area contributed by atoms with Crippen molar-refractivity contribution < 1.29 is 25.2 Å². The zero-order chi connectivity index (χ0) is 12.6. The quantitative estimate of drug-likeness (QED) is 0.454. The number of fused-ring (bicyclic) bond motifs is 1. The molecule has 1 aliphatic heterocycles. The van der Waals surface area contributed by atoms with Crippen molar-refractivity contribution in [1.29, 1.82) is 0 Å². The van der Waals surface area contributed by atoms with Crippen molar-refractivity contribution in [3.63, 3.8) is 0 Å². The molecule has 0 saturated heterocycles. The fraction of sp³-hybridized carbons (Fsp3) is 0.364. The van der Waals surface area contributed by atoms with Gasteiger partial charge < -0.3 is 20.4 Å². The number of carboxylic acids is 1. The fourth-order valence-electron chi connectivity index (χ4n) is 2.06. The highest BCUT2D eigenvalue weighted by molar-refractivity contribution is 5.74. The van der Waals surface area contributed by atoms with Gasteiger partial charge in [0, 0.05) is 0 Å². The van der Waals surface area contributed by atoms with E-state index in [4.69, 9.17) is 5.11 Å². The number of carbonyl (C=O) groups is 1. The minimum atomic E-state index is -1.01. The first kappa shape index (κ1) is 11.7. The molecule has 1 heterocycles. The van der Waals surface area contributed by atoms with Crippen LogP contribution in [0.3, 0.4) is 0 Å². The summed E-state index contributed by atoms with van der Waals surface area (Å²) in [6, 6.07) is 1.33. The third-order valence-corrected chi connectivity index (χ3v) is 2.92. The summed E-state index contributed by atoms with van der Waals surface area (Å²) in [6.45, 7) is -0.277. The number of nitrogens with one attached hydrogen (secondary N) is 1. The molecule has 2 rings (SSSR count). The number of phenolic OH excluding ortho intramolecular Hbond substituents is 2. The van der Waals surface area contributed by atoms with E-state index in [-0.39, 0.29) is 24.5 Å². The average Bonchev–Trinajstić information content (AvgIpc) is 2.29. The molecule has 92 valence electrons. The monoisotopic (exact) mass is 239 g/mol. The lowest BCUT2D eigenvalue weighted by molar-refractivity contribution is -0.140. The summed E-state index contributed by atoms with van der Waals surface area (Å²) in [7, 11) is 0. The van der Waals surface area contributed by atoms with Gasteiger partial charge in [-0.1, -0.05) is 0 Å². The Morgan fingerprint density at radius 1 is 1.35 bits per heavy atom. The number of aliphatic carboxylic acids is 1. The van der Waals surface area contributed by atoms with Crippen LogP contribution in [-0.4, -0.2) is 39.0 Å². The summed E-state index contributed by atoms with van der Waals surface area (Å²) >= 11 is 0. The number of hydrogen-bond donors (Lipinski definition) is 5. The summed E-state index contributed by atoms with van der Waals surface area (Å²) in [5, 5.41) is 39.7. The Morgan fingerprint density at radius 2 is 2.00 bits per heavy atom. The maximum absolute atomic E-state index is 10.9. The lowest BCUT2D eigenvalue weighted by atomic mass is 9.90. The Morgan fingerprint density at radius 3 is 2.59 bits per heavy atom. The number of benzene rings is 1. The van der Waals surface area contributed by atoms with E-state index in [1.54, 1.807) is 0 Å². The van der Waals surface area contributed by atoms with Crippen LogP contribution in [0.2, 0.25) is 0 Å². The molecule has 2 atom stereocenters. The Bertz CT molecular complexity index is 459. The van der Waals surface area contributed by atoms with Gasteiger partial charge in [0.15, 0.2) is 11.5 Å². The van der Waals surface area contributed by atoms with Crippen LogP contribution >= 0.6 is 0 Å². The molecular formula is C11H13NO5. The number of rotatable bonds is 2. The summed E-state index contributed by atoms with van der Waals surface area (Å²) in [6.07, 6.45) is 0.203. The van der Waals surface area contributed by atoms with Crippen molar-refractivity contribution >= 4 is 5.97 Å². The first-order chi connectivity index (χ1) is 8.02. The number of aromatic hydroxyl groups is 2. The van der Waals surface area contributed by atoms with Crippen molar-refractivity contribution in [2.45, 2.75) is 18.5 Å². The van der Waals surface area contributed by atoms with Gasteiger partial charge in [-0.15, -0.1) is 0 Å². The van der Waals surface area contributed by atoms with Crippen LogP contribution in [-0.2, 0) is 11.2 Å². The lowest BCUT2D eigenvalue weighted by Gasteiger charge is -2.30. The molecule has 0 aromatic heterocycles. The number of phenols is 2. The molecule has 5 N–H and O–H groups in total. The smallest absolute Gasteiger partial charge is 0.321 e. The van der Waals surface area contributed by atoms with Gasteiger partial charge in [0.05, 0.1) is 12.6 Å². The molecule has 0 fully saturated rings. The van der Waals surface area contributed by atoms with Crippen LogP contribution in [0.25, 0.3) is 0 Å². The second kappa shape index (κ2) is 4.23. The van der Waals surface area contributed by atoms with Crippen LogP contribution in [0.4, 0.5) is 0 Å². The Kier molecular flexibility index (Phi) is 2.91. The molecule has 2 unspecified atom stereocenters. The second-order valence-electron chi connectivity index (χ2n) is 4.04. The van der Waals surface area contributed by atoms with E-state index in [9.17, 15) is 20.1 Å². The van der Waals surface area contributed by atoms with Crippen molar-refractivity contribution in [3.8, 4) is 11.5 Å². The van der Waals surface area contributed by atoms with Gasteiger partial charge in [-0.3, -0.25) is 10.1 Å². The third-order valence-electron chi connectivity index (χ3n) is 2.92. The summed E-state index contributed by atoms with van der Waals surface area (Å²) in [5.41, 5.74) is 1.23. The molecule has 17 heavy (non-hydrogen) atoms. The molecule has 6 heteroatoms. The second-order valence-corrected chi connectivity index (χ2v) is 4.04. The Balaban J connectivity index is 2.44. The zero-order valence-corrected chi connectivity index (χ0v) is 8.92. The largest absolute Gasteiger partial charge is 0.504 e. The van der Waals surface area contributed by atoms with Gasteiger partial charge in [0.2, 0.25) is 0 Å². The van der Waals surface area contributed by atoms with E-state index in [2.05, 4.69) is 5.32 Å². The van der Waals surface area contributed by atoms with Crippen molar-refractivity contribution in [3.05, 3.63) is 23.3 Å². The third kappa shape index (κ3) is 2.04. The van der Waals surface area contributed by atoms with Gasteiger partial charge in [-0.25, -0.2) is 0 Å². The van der Waals surface area contributed by atoms with Gasteiger partial charge in [-0.2, -0.15) is 0 Å². The van der Waals surface area contributed by atoms with Gasteiger partial charge in [0.25, 0.3) is 0 Å². The van der Waals surface area contributed by atoms with E-state index in [1.165, 1.54) is 12.1 Å². The normalized spacial score (nSPS) is 23.1. The molecule has 0 spiro atoms. The molecule has 1 aromatic rings. The maximum atomic E-state index is 10.9. The van der Waals surface area contributed by atoms with E-state index >= 15 is 0 Å². The summed E-state index contributed by atoms with van der Waals surface area (Å²) in [5.74, 6) is -1.58.